The molecule has 1 fully saturated rings. The predicted octanol–water partition coefficient (Wildman–Crippen LogP) is 0.870. The fourth-order valence-corrected chi connectivity index (χ4v) is 3.78. The first-order valence-corrected chi connectivity index (χ1v) is 8.19. The molecule has 0 unspecified atom stereocenters. The summed E-state index contributed by atoms with van der Waals surface area (Å²) in [6.45, 7) is 0. The number of rotatable bonds is 3. The second-order valence-electron chi connectivity index (χ2n) is 5.22. The predicted molar refractivity (Wildman–Crippen MR) is 76.1 cm³/mol. The third kappa shape index (κ3) is 3.27. The fourth-order valence-electron chi connectivity index (χ4n) is 2.31. The Bertz CT molecular complexity index is 575. The standard InChI is InChI=1S/C13H19N3O3S/c1-15(2)11-7-9-16(10-8-11)13(17)14-20(18,19)12-5-3-4-6-12/h7-10,12H,3-6H2,1-2H3/p+1. The fraction of sp³-hybridized carbons (Fsp3) is 0.538. The normalized spacial score (nSPS) is 16.1. The summed E-state index contributed by atoms with van der Waals surface area (Å²) in [4.78, 5) is 13.9. The van der Waals surface area contributed by atoms with Crippen LogP contribution in [0.15, 0.2) is 24.5 Å². The summed E-state index contributed by atoms with van der Waals surface area (Å²) >= 11 is 0. The highest BCUT2D eigenvalue weighted by molar-refractivity contribution is 7.90. The monoisotopic (exact) mass is 298 g/mol. The van der Waals surface area contributed by atoms with E-state index in [1.54, 1.807) is 24.5 Å². The van der Waals surface area contributed by atoms with E-state index >= 15 is 0 Å². The van der Waals surface area contributed by atoms with E-state index in [1.807, 2.05) is 19.0 Å². The van der Waals surface area contributed by atoms with E-state index < -0.39 is 21.3 Å². The van der Waals surface area contributed by atoms with E-state index in [0.29, 0.717) is 12.8 Å². The number of carbonyl (C=O) groups excluding carboxylic acids is 1. The molecule has 1 aliphatic carbocycles. The molecule has 1 heterocycles. The smallest absolute Gasteiger partial charge is 0.377 e. The molecule has 1 aromatic rings. The van der Waals surface area contributed by atoms with Crippen molar-refractivity contribution in [3.8, 4) is 0 Å². The molecular formula is C13H20N3O3S+. The molecule has 110 valence electrons. The van der Waals surface area contributed by atoms with E-state index in [2.05, 4.69) is 4.72 Å². The molecule has 0 radical (unpaired) electrons. The van der Waals surface area contributed by atoms with Gasteiger partial charge in [0.1, 0.15) is 12.4 Å². The Balaban J connectivity index is 2.07. The third-order valence-corrected chi connectivity index (χ3v) is 5.34. The third-order valence-electron chi connectivity index (χ3n) is 3.53. The molecule has 0 saturated heterocycles. The Labute approximate surface area is 119 Å². The van der Waals surface area contributed by atoms with Crippen LogP contribution in [0.3, 0.4) is 0 Å². The Morgan fingerprint density at radius 1 is 1.25 bits per heavy atom. The summed E-state index contributed by atoms with van der Waals surface area (Å²) < 4.78 is 27.5. The first kappa shape index (κ1) is 14.8. The van der Waals surface area contributed by atoms with Crippen molar-refractivity contribution in [3.63, 3.8) is 0 Å². The highest BCUT2D eigenvalue weighted by atomic mass is 32.2. The molecule has 1 N–H and O–H groups in total. The van der Waals surface area contributed by atoms with Crippen LogP contribution in [-0.2, 0) is 10.0 Å². The lowest BCUT2D eigenvalue weighted by molar-refractivity contribution is -0.570. The van der Waals surface area contributed by atoms with E-state index in [9.17, 15) is 13.2 Å². The van der Waals surface area contributed by atoms with Crippen LogP contribution < -0.4 is 14.2 Å². The van der Waals surface area contributed by atoms with Crippen molar-refractivity contribution in [1.29, 1.82) is 0 Å². The first-order valence-electron chi connectivity index (χ1n) is 6.65. The van der Waals surface area contributed by atoms with Gasteiger partial charge in [0.25, 0.3) is 0 Å². The zero-order valence-corrected chi connectivity index (χ0v) is 12.6. The lowest BCUT2D eigenvalue weighted by atomic mass is 10.4. The molecule has 2 rings (SSSR count). The highest BCUT2D eigenvalue weighted by Gasteiger charge is 2.34. The van der Waals surface area contributed by atoms with Crippen molar-refractivity contribution >= 4 is 21.7 Å². The van der Waals surface area contributed by atoms with Crippen LogP contribution >= 0.6 is 0 Å². The molecular weight excluding hydrogens is 278 g/mol. The molecule has 20 heavy (non-hydrogen) atoms. The molecule has 7 heteroatoms. The van der Waals surface area contributed by atoms with Crippen LogP contribution in [0.4, 0.5) is 10.5 Å². The van der Waals surface area contributed by atoms with Gasteiger partial charge in [0.2, 0.25) is 0 Å². The summed E-state index contributed by atoms with van der Waals surface area (Å²) in [5, 5.41) is -0.437. The molecule has 1 saturated carbocycles. The van der Waals surface area contributed by atoms with Crippen molar-refractivity contribution in [2.24, 2.45) is 0 Å². The maximum Gasteiger partial charge on any atom is 0.511 e. The molecule has 0 bridgehead atoms. The van der Waals surface area contributed by atoms with Gasteiger partial charge in [0.05, 0.1) is 5.25 Å². The quantitative estimate of drug-likeness (QED) is 0.841. The lowest BCUT2D eigenvalue weighted by Gasteiger charge is -2.11. The topological polar surface area (TPSA) is 70.4 Å². The summed E-state index contributed by atoms with van der Waals surface area (Å²) in [5.41, 5.74) is 0.938. The van der Waals surface area contributed by atoms with Crippen molar-refractivity contribution in [1.82, 2.24) is 4.72 Å². The minimum Gasteiger partial charge on any atom is -0.377 e. The number of amides is 1. The number of sulfonamides is 1. The molecule has 6 nitrogen and oxygen atoms in total. The Kier molecular flexibility index (Phi) is 4.27. The summed E-state index contributed by atoms with van der Waals surface area (Å²) in [6.07, 6.45) is 6.18. The SMILES string of the molecule is CN(C)c1cc[n+](C(=O)NS(=O)(=O)C2CCCC2)cc1. The average molecular weight is 298 g/mol. The summed E-state index contributed by atoms with van der Waals surface area (Å²) in [5.74, 6) is 0. The Hall–Kier alpha value is -1.63. The largest absolute Gasteiger partial charge is 0.511 e. The molecule has 1 aliphatic rings. The van der Waals surface area contributed by atoms with Crippen LogP contribution in [0.1, 0.15) is 25.7 Å². The number of anilines is 1. The Morgan fingerprint density at radius 3 is 2.30 bits per heavy atom. The summed E-state index contributed by atoms with van der Waals surface area (Å²) in [6, 6.07) is 2.87. The van der Waals surface area contributed by atoms with Crippen LogP contribution in [0.25, 0.3) is 0 Å². The molecule has 1 aromatic heterocycles. The van der Waals surface area contributed by atoms with E-state index in [-0.39, 0.29) is 0 Å². The molecule has 1 amide bonds. The maximum absolute atomic E-state index is 12.0. The van der Waals surface area contributed by atoms with Gasteiger partial charge in [-0.1, -0.05) is 12.8 Å². The van der Waals surface area contributed by atoms with Crippen LogP contribution in [-0.4, -0.2) is 33.8 Å². The molecule has 0 aromatic carbocycles. The number of aromatic nitrogens is 1. The van der Waals surface area contributed by atoms with E-state index in [1.165, 1.54) is 4.57 Å². The van der Waals surface area contributed by atoms with Gasteiger partial charge in [0.15, 0.2) is 0 Å². The second-order valence-corrected chi connectivity index (χ2v) is 7.18. The zero-order valence-electron chi connectivity index (χ0n) is 11.7. The van der Waals surface area contributed by atoms with Crippen LogP contribution in [0.5, 0.6) is 0 Å². The minimum atomic E-state index is -3.56. The minimum absolute atomic E-state index is 0.437. The van der Waals surface area contributed by atoms with Crippen molar-refractivity contribution in [2.45, 2.75) is 30.9 Å². The summed E-state index contributed by atoms with van der Waals surface area (Å²) in [7, 11) is 0.222. The lowest BCUT2D eigenvalue weighted by Crippen LogP contribution is -2.53. The van der Waals surface area contributed by atoms with Gasteiger partial charge in [-0.25, -0.2) is 0 Å². The average Bonchev–Trinajstić information content (AvgIpc) is 2.93. The molecule has 0 aliphatic heterocycles. The molecule has 0 spiro atoms. The van der Waals surface area contributed by atoms with Crippen molar-refractivity contribution in [2.75, 3.05) is 19.0 Å². The van der Waals surface area contributed by atoms with E-state index in [0.717, 1.165) is 18.5 Å². The Morgan fingerprint density at radius 2 is 1.80 bits per heavy atom. The van der Waals surface area contributed by atoms with Crippen molar-refractivity contribution < 1.29 is 17.8 Å². The number of pyridine rings is 1. The zero-order chi connectivity index (χ0) is 14.8. The second kappa shape index (κ2) is 5.78. The molecule has 0 atom stereocenters. The number of nitrogens with one attached hydrogen (secondary N) is 1. The van der Waals surface area contributed by atoms with Crippen molar-refractivity contribution in [3.05, 3.63) is 24.5 Å². The first-order chi connectivity index (χ1) is 9.40. The number of hydrogen-bond donors (Lipinski definition) is 1. The van der Waals surface area contributed by atoms with Gasteiger partial charge in [-0.2, -0.15) is 17.8 Å². The number of carbonyl (C=O) groups is 1. The van der Waals surface area contributed by atoms with Gasteiger partial charge in [-0.3, -0.25) is 0 Å². The van der Waals surface area contributed by atoms with Gasteiger partial charge < -0.3 is 4.90 Å². The maximum atomic E-state index is 12.0. The van der Waals surface area contributed by atoms with Crippen LogP contribution in [0.2, 0.25) is 0 Å². The number of nitrogens with zero attached hydrogens (tertiary/aromatic N) is 2. The highest BCUT2D eigenvalue weighted by Crippen LogP contribution is 2.23. The van der Waals surface area contributed by atoms with Gasteiger partial charge in [-0.15, -0.1) is 4.72 Å². The van der Waals surface area contributed by atoms with Gasteiger partial charge >= 0.3 is 16.1 Å². The van der Waals surface area contributed by atoms with Crippen LogP contribution in [0, 0.1) is 0 Å². The van der Waals surface area contributed by atoms with E-state index in [4.69, 9.17) is 0 Å². The van der Waals surface area contributed by atoms with Gasteiger partial charge in [-0.05, 0) is 12.8 Å². The van der Waals surface area contributed by atoms with Gasteiger partial charge in [0, 0.05) is 31.9 Å². The number of hydrogen-bond acceptors (Lipinski definition) is 4.